The molecule has 0 radical (unpaired) electrons. The number of pyridine rings is 3. The molecule has 0 spiro atoms. The highest BCUT2D eigenvalue weighted by Crippen LogP contribution is 2.39. The van der Waals surface area contributed by atoms with E-state index in [9.17, 15) is 9.90 Å². The van der Waals surface area contributed by atoms with Crippen LogP contribution in [-0.2, 0) is 6.42 Å². The fraction of sp³-hybridized carbons (Fsp3) is 0.345. The molecule has 1 aliphatic heterocycles. The van der Waals surface area contributed by atoms with Crippen LogP contribution in [0.5, 0.6) is 0 Å². The highest BCUT2D eigenvalue weighted by Gasteiger charge is 2.28. The lowest BCUT2D eigenvalue weighted by molar-refractivity contribution is 0.145. The average molecular weight is 515 g/mol. The summed E-state index contributed by atoms with van der Waals surface area (Å²) in [6.07, 6.45) is 6.15. The Kier molecular flexibility index (Phi) is 6.33. The van der Waals surface area contributed by atoms with Crippen molar-refractivity contribution in [3.05, 3.63) is 76.1 Å². The molecule has 1 unspecified atom stereocenters. The van der Waals surface area contributed by atoms with E-state index in [1.54, 1.807) is 30.6 Å². The van der Waals surface area contributed by atoms with Crippen LogP contribution in [0.3, 0.4) is 0 Å². The quantitative estimate of drug-likeness (QED) is 0.364. The maximum absolute atomic E-state index is 15.8. The zero-order valence-electron chi connectivity index (χ0n) is 21.5. The number of anilines is 3. The number of hydrogen-bond donors (Lipinski definition) is 3. The average Bonchev–Trinajstić information content (AvgIpc) is 3.35. The lowest BCUT2D eigenvalue weighted by atomic mass is 10.0. The van der Waals surface area contributed by atoms with Crippen LogP contribution < -0.4 is 15.8 Å². The molecule has 3 aromatic heterocycles. The van der Waals surface area contributed by atoms with Crippen molar-refractivity contribution < 1.29 is 9.50 Å². The van der Waals surface area contributed by atoms with Crippen LogP contribution >= 0.6 is 0 Å². The predicted molar refractivity (Wildman–Crippen MR) is 147 cm³/mol. The third-order valence-corrected chi connectivity index (χ3v) is 7.78. The molecule has 0 saturated carbocycles. The molecule has 1 saturated heterocycles. The van der Waals surface area contributed by atoms with Gasteiger partial charge in [-0.15, -0.1) is 0 Å². The maximum Gasteiger partial charge on any atom is 0.259 e. The van der Waals surface area contributed by atoms with E-state index in [2.05, 4.69) is 30.1 Å². The summed E-state index contributed by atoms with van der Waals surface area (Å²) in [5.74, 6) is 0.319. The van der Waals surface area contributed by atoms with Gasteiger partial charge in [-0.3, -0.25) is 4.79 Å². The minimum atomic E-state index is -0.282. The number of aromatic amines is 1. The van der Waals surface area contributed by atoms with Crippen molar-refractivity contribution >= 4 is 28.1 Å². The van der Waals surface area contributed by atoms with Gasteiger partial charge in [-0.1, -0.05) is 6.07 Å². The fourth-order valence-corrected chi connectivity index (χ4v) is 5.71. The monoisotopic (exact) mass is 514 g/mol. The van der Waals surface area contributed by atoms with E-state index in [-0.39, 0.29) is 23.5 Å². The molecule has 1 fully saturated rings. The minimum Gasteiger partial charge on any atom is -0.393 e. The molecular formula is C29H31FN6O2. The van der Waals surface area contributed by atoms with Gasteiger partial charge in [0.1, 0.15) is 11.6 Å². The van der Waals surface area contributed by atoms with Crippen molar-refractivity contribution in [2.75, 3.05) is 37.4 Å². The first kappa shape index (κ1) is 24.5. The Morgan fingerprint density at radius 1 is 1.13 bits per heavy atom. The highest BCUT2D eigenvalue weighted by molar-refractivity contribution is 5.94. The molecule has 6 rings (SSSR count). The number of aliphatic hydroxyl groups is 1. The van der Waals surface area contributed by atoms with Crippen molar-refractivity contribution in [2.45, 2.75) is 37.8 Å². The maximum atomic E-state index is 15.8. The Balaban J connectivity index is 1.37. The Morgan fingerprint density at radius 2 is 1.95 bits per heavy atom. The summed E-state index contributed by atoms with van der Waals surface area (Å²) < 4.78 is 15.8. The van der Waals surface area contributed by atoms with Crippen LogP contribution in [0.25, 0.3) is 22.2 Å². The number of halogens is 1. The Labute approximate surface area is 220 Å². The van der Waals surface area contributed by atoms with Gasteiger partial charge in [0.05, 0.1) is 40.3 Å². The molecule has 2 aliphatic rings. The van der Waals surface area contributed by atoms with Crippen LogP contribution in [0.2, 0.25) is 0 Å². The standard InChI is InChI=1S/C29H31FN6O2/c1-35(2)25-7-6-20-19(25)4-5-21(28(20)30)23-15-24(27-22(33-23)9-12-31-29(27)38)34-26-8-3-17(16-32-26)36-13-10-18(37)11-14-36/h3-5,8-9,12,15-16,18,25,37H,6-7,10-11,13-14H2,1-2H3,(H,31,38)(H,32,33,34). The number of benzene rings is 1. The zero-order chi connectivity index (χ0) is 26.4. The summed E-state index contributed by atoms with van der Waals surface area (Å²) in [6.45, 7) is 1.57. The van der Waals surface area contributed by atoms with Gasteiger partial charge < -0.3 is 25.2 Å². The predicted octanol–water partition coefficient (Wildman–Crippen LogP) is 4.38. The molecule has 1 aromatic carbocycles. The number of H-pyrrole nitrogens is 1. The van der Waals surface area contributed by atoms with Crippen LogP contribution in [0.15, 0.2) is 53.6 Å². The number of fused-ring (bicyclic) bond motifs is 2. The number of nitrogens with one attached hydrogen (secondary N) is 2. The van der Waals surface area contributed by atoms with E-state index >= 15 is 4.39 Å². The molecule has 4 aromatic rings. The number of aliphatic hydroxyl groups excluding tert-OH is 1. The van der Waals surface area contributed by atoms with E-state index in [0.29, 0.717) is 40.1 Å². The normalized spacial score (nSPS) is 17.8. The van der Waals surface area contributed by atoms with E-state index in [1.165, 1.54) is 0 Å². The molecule has 1 aliphatic carbocycles. The first-order valence-corrected chi connectivity index (χ1v) is 13.1. The lowest BCUT2D eigenvalue weighted by Crippen LogP contribution is -2.35. The lowest BCUT2D eigenvalue weighted by Gasteiger charge is -2.31. The third-order valence-electron chi connectivity index (χ3n) is 7.78. The van der Waals surface area contributed by atoms with Gasteiger partial charge in [-0.25, -0.2) is 14.4 Å². The van der Waals surface area contributed by atoms with Gasteiger partial charge in [-0.05, 0) is 81.2 Å². The molecule has 196 valence electrons. The molecule has 0 amide bonds. The summed E-state index contributed by atoms with van der Waals surface area (Å²) in [4.78, 5) is 29.1. The number of piperidine rings is 1. The number of rotatable bonds is 5. The van der Waals surface area contributed by atoms with Crippen molar-refractivity contribution in [2.24, 2.45) is 0 Å². The molecule has 9 heteroatoms. The molecule has 3 N–H and O–H groups in total. The third kappa shape index (κ3) is 4.41. The molecule has 38 heavy (non-hydrogen) atoms. The fourth-order valence-electron chi connectivity index (χ4n) is 5.71. The van der Waals surface area contributed by atoms with Gasteiger partial charge in [0.25, 0.3) is 5.56 Å². The largest absolute Gasteiger partial charge is 0.393 e. The van der Waals surface area contributed by atoms with Crippen molar-refractivity contribution in [1.29, 1.82) is 0 Å². The van der Waals surface area contributed by atoms with Crippen molar-refractivity contribution in [1.82, 2.24) is 19.9 Å². The van der Waals surface area contributed by atoms with Crippen molar-refractivity contribution in [3.63, 3.8) is 0 Å². The summed E-state index contributed by atoms with van der Waals surface area (Å²) >= 11 is 0. The Bertz CT molecular complexity index is 1540. The summed E-state index contributed by atoms with van der Waals surface area (Å²) in [5.41, 5.74) is 4.34. The molecular weight excluding hydrogens is 483 g/mol. The number of nitrogens with zero attached hydrogens (tertiary/aromatic N) is 4. The minimum absolute atomic E-state index is 0.206. The topological polar surface area (TPSA) is 97.4 Å². The van der Waals surface area contributed by atoms with E-state index in [0.717, 1.165) is 49.2 Å². The molecule has 4 heterocycles. The summed E-state index contributed by atoms with van der Waals surface area (Å²) in [6, 6.07) is 11.3. The van der Waals surface area contributed by atoms with Gasteiger partial charge in [0.15, 0.2) is 0 Å². The van der Waals surface area contributed by atoms with E-state index in [1.807, 2.05) is 32.3 Å². The van der Waals surface area contributed by atoms with E-state index < -0.39 is 0 Å². The first-order chi connectivity index (χ1) is 18.4. The summed E-state index contributed by atoms with van der Waals surface area (Å²) in [5, 5.41) is 13.4. The Hall–Kier alpha value is -3.82. The van der Waals surface area contributed by atoms with Crippen LogP contribution in [0, 0.1) is 5.82 Å². The second-order valence-corrected chi connectivity index (χ2v) is 10.4. The second-order valence-electron chi connectivity index (χ2n) is 10.4. The van der Waals surface area contributed by atoms with Crippen LogP contribution in [-0.4, -0.2) is 58.2 Å². The van der Waals surface area contributed by atoms with Gasteiger partial charge in [0.2, 0.25) is 0 Å². The smallest absolute Gasteiger partial charge is 0.259 e. The Morgan fingerprint density at radius 3 is 2.68 bits per heavy atom. The molecule has 0 bridgehead atoms. The SMILES string of the molecule is CN(C)C1CCc2c1ccc(-c1cc(Nc3ccc(N4CCC(O)CC4)cn3)c3c(=O)[nH]ccc3n1)c2F. The number of hydrogen-bond acceptors (Lipinski definition) is 7. The van der Waals surface area contributed by atoms with E-state index in [4.69, 9.17) is 0 Å². The summed E-state index contributed by atoms with van der Waals surface area (Å²) in [7, 11) is 4.03. The zero-order valence-corrected chi connectivity index (χ0v) is 21.5. The number of aromatic nitrogens is 3. The van der Waals surface area contributed by atoms with Crippen LogP contribution in [0.1, 0.15) is 36.4 Å². The van der Waals surface area contributed by atoms with Gasteiger partial charge in [0, 0.05) is 30.9 Å². The first-order valence-electron chi connectivity index (χ1n) is 13.1. The van der Waals surface area contributed by atoms with Gasteiger partial charge in [-0.2, -0.15) is 0 Å². The van der Waals surface area contributed by atoms with Crippen molar-refractivity contribution in [3.8, 4) is 11.3 Å². The molecule has 1 atom stereocenters. The highest BCUT2D eigenvalue weighted by atomic mass is 19.1. The molecule has 8 nitrogen and oxygen atoms in total. The second kappa shape index (κ2) is 9.81. The van der Waals surface area contributed by atoms with Gasteiger partial charge >= 0.3 is 0 Å². The van der Waals surface area contributed by atoms with Crippen LogP contribution in [0.4, 0.5) is 21.6 Å².